The molecule has 0 bridgehead atoms. The number of aliphatic hydroxyl groups excluding tert-OH is 1. The molecule has 2 aliphatic carbocycles. The molecule has 0 fully saturated rings. The summed E-state index contributed by atoms with van der Waals surface area (Å²) in [5, 5.41) is 9.67. The van der Waals surface area contributed by atoms with Crippen molar-refractivity contribution in [1.82, 2.24) is 0 Å². The number of hydrogen-bond donors (Lipinski definition) is 1. The van der Waals surface area contributed by atoms with Crippen LogP contribution in [0.15, 0.2) is 42.5 Å². The molecule has 0 heterocycles. The van der Waals surface area contributed by atoms with Gasteiger partial charge in [-0.05, 0) is 64.6 Å². The van der Waals surface area contributed by atoms with Crippen molar-refractivity contribution in [3.63, 3.8) is 0 Å². The van der Waals surface area contributed by atoms with Gasteiger partial charge in [-0.1, -0.05) is 42.5 Å². The molecule has 20 heavy (non-hydrogen) atoms. The highest BCUT2D eigenvalue weighted by atomic mass is 16.3. The number of benzene rings is 2. The summed E-state index contributed by atoms with van der Waals surface area (Å²) >= 11 is 0. The van der Waals surface area contributed by atoms with Gasteiger partial charge in [0.2, 0.25) is 0 Å². The van der Waals surface area contributed by atoms with Gasteiger partial charge in [0.25, 0.3) is 0 Å². The van der Waals surface area contributed by atoms with Crippen molar-refractivity contribution in [2.75, 3.05) is 6.61 Å². The van der Waals surface area contributed by atoms with Crippen molar-refractivity contribution in [3.05, 3.63) is 64.7 Å². The summed E-state index contributed by atoms with van der Waals surface area (Å²) in [5.41, 5.74) is 9.51. The first-order valence-electron chi connectivity index (χ1n) is 7.42. The SMILES string of the molecule is OCC1=CCCc2ccc3c(c21)CCc1ccccc1-3. The second-order valence-corrected chi connectivity index (χ2v) is 5.71. The van der Waals surface area contributed by atoms with Gasteiger partial charge in [-0.3, -0.25) is 0 Å². The lowest BCUT2D eigenvalue weighted by Crippen LogP contribution is -2.12. The van der Waals surface area contributed by atoms with E-state index in [1.54, 1.807) is 0 Å². The molecule has 0 saturated heterocycles. The average molecular weight is 262 g/mol. The van der Waals surface area contributed by atoms with Crippen LogP contribution in [0.3, 0.4) is 0 Å². The van der Waals surface area contributed by atoms with Gasteiger partial charge in [0.05, 0.1) is 6.61 Å². The molecule has 1 nitrogen and oxygen atoms in total. The molecule has 2 aromatic rings. The highest BCUT2D eigenvalue weighted by Gasteiger charge is 2.23. The summed E-state index contributed by atoms with van der Waals surface area (Å²) in [6, 6.07) is 13.3. The number of allylic oxidation sites excluding steroid dienone is 1. The minimum Gasteiger partial charge on any atom is -0.392 e. The summed E-state index contributed by atoms with van der Waals surface area (Å²) in [7, 11) is 0. The first kappa shape index (κ1) is 11.9. The Morgan fingerprint density at radius 1 is 0.850 bits per heavy atom. The molecule has 0 unspecified atom stereocenters. The van der Waals surface area contributed by atoms with Crippen molar-refractivity contribution in [2.24, 2.45) is 0 Å². The summed E-state index contributed by atoms with van der Waals surface area (Å²) in [5.74, 6) is 0. The van der Waals surface area contributed by atoms with Crippen LogP contribution in [0, 0.1) is 0 Å². The number of hydrogen-bond acceptors (Lipinski definition) is 1. The third kappa shape index (κ3) is 1.66. The lowest BCUT2D eigenvalue weighted by atomic mass is 9.78. The van der Waals surface area contributed by atoms with E-state index >= 15 is 0 Å². The highest BCUT2D eigenvalue weighted by molar-refractivity contribution is 5.83. The van der Waals surface area contributed by atoms with Crippen LogP contribution < -0.4 is 0 Å². The predicted molar refractivity (Wildman–Crippen MR) is 82.7 cm³/mol. The predicted octanol–water partition coefficient (Wildman–Crippen LogP) is 3.77. The minimum absolute atomic E-state index is 0.158. The van der Waals surface area contributed by atoms with Gasteiger partial charge in [-0.25, -0.2) is 0 Å². The van der Waals surface area contributed by atoms with E-state index in [9.17, 15) is 5.11 Å². The molecule has 0 atom stereocenters. The Kier molecular flexibility index (Phi) is 2.75. The topological polar surface area (TPSA) is 20.2 Å². The Bertz CT molecular complexity index is 710. The van der Waals surface area contributed by atoms with E-state index in [0.717, 1.165) is 31.3 Å². The average Bonchev–Trinajstić information content (AvgIpc) is 2.53. The maximum Gasteiger partial charge on any atom is 0.0684 e. The van der Waals surface area contributed by atoms with Crippen LogP contribution in [0.5, 0.6) is 0 Å². The fourth-order valence-electron chi connectivity index (χ4n) is 3.73. The molecule has 0 radical (unpaired) electrons. The molecule has 1 heteroatoms. The Balaban J connectivity index is 1.98. The normalized spacial score (nSPS) is 15.9. The molecule has 0 aromatic heterocycles. The van der Waals surface area contributed by atoms with Crippen molar-refractivity contribution < 1.29 is 5.11 Å². The smallest absolute Gasteiger partial charge is 0.0684 e. The molecular weight excluding hydrogens is 244 g/mol. The van der Waals surface area contributed by atoms with Crippen LogP contribution >= 0.6 is 0 Å². The molecule has 4 rings (SSSR count). The zero-order chi connectivity index (χ0) is 13.5. The largest absolute Gasteiger partial charge is 0.392 e. The second-order valence-electron chi connectivity index (χ2n) is 5.71. The van der Waals surface area contributed by atoms with Crippen molar-refractivity contribution in [1.29, 1.82) is 0 Å². The van der Waals surface area contributed by atoms with Crippen molar-refractivity contribution in [3.8, 4) is 11.1 Å². The van der Waals surface area contributed by atoms with Crippen molar-refractivity contribution in [2.45, 2.75) is 25.7 Å². The lowest BCUT2D eigenvalue weighted by molar-refractivity contribution is 0.349. The van der Waals surface area contributed by atoms with Crippen LogP contribution in [0.25, 0.3) is 16.7 Å². The van der Waals surface area contributed by atoms with E-state index in [1.165, 1.54) is 33.4 Å². The van der Waals surface area contributed by atoms with Gasteiger partial charge >= 0.3 is 0 Å². The van der Waals surface area contributed by atoms with Crippen LogP contribution in [-0.2, 0) is 19.3 Å². The highest BCUT2D eigenvalue weighted by Crippen LogP contribution is 2.40. The van der Waals surface area contributed by atoms with Gasteiger partial charge in [0.1, 0.15) is 0 Å². The van der Waals surface area contributed by atoms with Crippen LogP contribution in [0.4, 0.5) is 0 Å². The maximum absolute atomic E-state index is 9.67. The van der Waals surface area contributed by atoms with Crippen LogP contribution in [-0.4, -0.2) is 11.7 Å². The van der Waals surface area contributed by atoms with Gasteiger partial charge in [0.15, 0.2) is 0 Å². The quantitative estimate of drug-likeness (QED) is 0.829. The first-order chi connectivity index (χ1) is 9.88. The van der Waals surface area contributed by atoms with Crippen LogP contribution in [0.1, 0.15) is 28.7 Å². The van der Waals surface area contributed by atoms with Gasteiger partial charge in [-0.15, -0.1) is 0 Å². The molecule has 0 spiro atoms. The third-order valence-corrected chi connectivity index (χ3v) is 4.65. The Labute approximate surface area is 119 Å². The molecular formula is C19H18O. The van der Waals surface area contributed by atoms with E-state index < -0.39 is 0 Å². The Morgan fingerprint density at radius 2 is 1.75 bits per heavy atom. The monoisotopic (exact) mass is 262 g/mol. The number of rotatable bonds is 1. The third-order valence-electron chi connectivity index (χ3n) is 4.65. The summed E-state index contributed by atoms with van der Waals surface area (Å²) in [4.78, 5) is 0. The number of fused-ring (bicyclic) bond motifs is 5. The number of aryl methyl sites for hydroxylation is 2. The van der Waals surface area contributed by atoms with Gasteiger partial charge in [0, 0.05) is 0 Å². The summed E-state index contributed by atoms with van der Waals surface area (Å²) in [6.07, 6.45) is 6.57. The molecule has 0 amide bonds. The zero-order valence-corrected chi connectivity index (χ0v) is 11.5. The lowest BCUT2D eigenvalue weighted by Gasteiger charge is -2.27. The van der Waals surface area contributed by atoms with Gasteiger partial charge in [-0.2, -0.15) is 0 Å². The molecule has 0 saturated carbocycles. The zero-order valence-electron chi connectivity index (χ0n) is 11.5. The van der Waals surface area contributed by atoms with E-state index in [-0.39, 0.29) is 6.61 Å². The fraction of sp³-hybridized carbons (Fsp3) is 0.263. The molecule has 2 aromatic carbocycles. The second kappa shape index (κ2) is 4.60. The molecule has 100 valence electrons. The fourth-order valence-corrected chi connectivity index (χ4v) is 3.73. The molecule has 1 N–H and O–H groups in total. The molecule has 0 aliphatic heterocycles. The van der Waals surface area contributed by atoms with E-state index in [0.29, 0.717) is 0 Å². The van der Waals surface area contributed by atoms with Crippen LogP contribution in [0.2, 0.25) is 0 Å². The van der Waals surface area contributed by atoms with E-state index in [4.69, 9.17) is 0 Å². The Morgan fingerprint density at radius 3 is 2.65 bits per heavy atom. The summed E-state index contributed by atoms with van der Waals surface area (Å²) < 4.78 is 0. The summed E-state index contributed by atoms with van der Waals surface area (Å²) in [6.45, 7) is 0.158. The maximum atomic E-state index is 9.67. The number of aliphatic hydroxyl groups is 1. The van der Waals surface area contributed by atoms with Crippen molar-refractivity contribution >= 4 is 5.57 Å². The first-order valence-corrected chi connectivity index (χ1v) is 7.42. The van der Waals surface area contributed by atoms with E-state index in [2.05, 4.69) is 42.5 Å². The minimum atomic E-state index is 0.158. The van der Waals surface area contributed by atoms with E-state index in [1.807, 2.05) is 0 Å². The van der Waals surface area contributed by atoms with Gasteiger partial charge < -0.3 is 5.11 Å². The molecule has 2 aliphatic rings. The standard InChI is InChI=1S/C19H18O/c20-12-15-6-3-5-14-9-10-17-16-7-2-1-4-13(16)8-11-18(17)19(14)15/h1-2,4,6-7,9-10,20H,3,5,8,11-12H2. The Hall–Kier alpha value is -1.86.